The molecule has 2 aromatic rings. The fourth-order valence-electron chi connectivity index (χ4n) is 1.56. The van der Waals surface area contributed by atoms with Crippen LogP contribution in [0.25, 0.3) is 0 Å². The fourth-order valence-corrected chi connectivity index (χ4v) is 2.02. The van der Waals surface area contributed by atoms with Crippen LogP contribution in [0.5, 0.6) is 5.75 Å². The number of rotatable bonds is 4. The summed E-state index contributed by atoms with van der Waals surface area (Å²) >= 11 is 1.94. The van der Waals surface area contributed by atoms with E-state index < -0.39 is 0 Å². The third kappa shape index (κ3) is 3.22. The van der Waals surface area contributed by atoms with E-state index in [0.29, 0.717) is 21.6 Å². The average Bonchev–Trinajstić information content (AvgIpc) is 2.38. The molecule has 92 valence electrons. The zero-order valence-electron chi connectivity index (χ0n) is 9.69. The highest BCUT2D eigenvalue weighted by molar-refractivity contribution is 14.1. The number of benzene rings is 2. The molecule has 2 rings (SSSR count). The van der Waals surface area contributed by atoms with E-state index in [1.165, 1.54) is 0 Å². The van der Waals surface area contributed by atoms with E-state index in [1.807, 2.05) is 59.0 Å². The second-order valence-corrected chi connectivity index (χ2v) is 4.92. The molecule has 3 nitrogen and oxygen atoms in total. The molecule has 2 aromatic carbocycles. The van der Waals surface area contributed by atoms with E-state index in [2.05, 4.69) is 0 Å². The molecule has 3 N–H and O–H groups in total. The molecule has 0 aliphatic carbocycles. The molecule has 0 aromatic heterocycles. The first-order valence-corrected chi connectivity index (χ1v) is 6.55. The summed E-state index contributed by atoms with van der Waals surface area (Å²) in [5.41, 5.74) is 8.22. The minimum absolute atomic E-state index is 0.412. The number of anilines is 1. The van der Waals surface area contributed by atoms with Gasteiger partial charge in [-0.05, 0) is 46.4 Å². The summed E-state index contributed by atoms with van der Waals surface area (Å²) in [5.74, 6) is 0.726. The Bertz CT molecular complexity index is 555. The van der Waals surface area contributed by atoms with Gasteiger partial charge in [0.2, 0.25) is 0 Å². The van der Waals surface area contributed by atoms with Crippen LogP contribution in [0.2, 0.25) is 0 Å². The van der Waals surface area contributed by atoms with Crippen molar-refractivity contribution in [2.75, 3.05) is 5.73 Å². The first kappa shape index (κ1) is 12.9. The summed E-state index contributed by atoms with van der Waals surface area (Å²) in [5, 5.41) is 7.62. The summed E-state index contributed by atoms with van der Waals surface area (Å²) in [4.78, 5) is 0. The van der Waals surface area contributed by atoms with Gasteiger partial charge < -0.3 is 10.5 Å². The van der Waals surface area contributed by atoms with Gasteiger partial charge in [-0.1, -0.05) is 30.3 Å². The maximum atomic E-state index is 7.62. The predicted molar refractivity (Wildman–Crippen MR) is 82.5 cm³/mol. The predicted octanol–water partition coefficient (Wildman–Crippen LogP) is 3.61. The van der Waals surface area contributed by atoms with E-state index in [4.69, 9.17) is 15.9 Å². The third-order valence-electron chi connectivity index (χ3n) is 2.51. The topological polar surface area (TPSA) is 59.1 Å². The summed E-state index contributed by atoms with van der Waals surface area (Å²) in [6, 6.07) is 15.3. The summed E-state index contributed by atoms with van der Waals surface area (Å²) in [6.07, 6.45) is 0. The Hall–Kier alpha value is -1.56. The Morgan fingerprint density at radius 2 is 1.89 bits per heavy atom. The molecule has 0 aliphatic heterocycles. The molecule has 0 aliphatic rings. The van der Waals surface area contributed by atoms with E-state index in [0.717, 1.165) is 11.3 Å². The van der Waals surface area contributed by atoms with Gasteiger partial charge in [0.15, 0.2) is 0 Å². The van der Waals surface area contributed by atoms with Crippen molar-refractivity contribution < 1.29 is 4.74 Å². The Kier molecular flexibility index (Phi) is 4.19. The van der Waals surface area contributed by atoms with Gasteiger partial charge in [-0.15, -0.1) is 0 Å². The second-order valence-electron chi connectivity index (χ2n) is 3.84. The molecule has 0 fully saturated rings. The molecule has 0 radical (unpaired) electrons. The lowest BCUT2D eigenvalue weighted by Crippen LogP contribution is -2.00. The maximum Gasteiger partial charge on any atom is 0.120 e. The smallest absolute Gasteiger partial charge is 0.120 e. The molecule has 18 heavy (non-hydrogen) atoms. The van der Waals surface area contributed by atoms with Gasteiger partial charge in [0.1, 0.15) is 16.1 Å². The number of hydrogen-bond donors (Lipinski definition) is 2. The van der Waals surface area contributed by atoms with Gasteiger partial charge in [-0.25, -0.2) is 0 Å². The molecule has 0 heterocycles. The molecule has 0 unspecified atom stereocenters. The van der Waals surface area contributed by atoms with Crippen LogP contribution in [0.3, 0.4) is 0 Å². The first-order chi connectivity index (χ1) is 8.66. The number of halogens is 1. The van der Waals surface area contributed by atoms with Crippen LogP contribution in [0.4, 0.5) is 5.69 Å². The Morgan fingerprint density at radius 1 is 1.17 bits per heavy atom. The van der Waals surface area contributed by atoms with Gasteiger partial charge in [0.25, 0.3) is 0 Å². The quantitative estimate of drug-likeness (QED) is 0.502. The summed E-state index contributed by atoms with van der Waals surface area (Å²) < 4.78 is 6.09. The highest BCUT2D eigenvalue weighted by Crippen LogP contribution is 2.22. The minimum atomic E-state index is 0.412. The summed E-state index contributed by atoms with van der Waals surface area (Å²) in [6.45, 7) is 0.513. The van der Waals surface area contributed by atoms with Crippen molar-refractivity contribution in [1.82, 2.24) is 0 Å². The average molecular weight is 352 g/mol. The Morgan fingerprint density at radius 3 is 2.56 bits per heavy atom. The molecule has 4 heteroatoms. The van der Waals surface area contributed by atoms with Crippen LogP contribution in [0.1, 0.15) is 11.1 Å². The first-order valence-electron chi connectivity index (χ1n) is 5.47. The van der Waals surface area contributed by atoms with E-state index in [1.54, 1.807) is 12.1 Å². The number of hydrogen-bond acceptors (Lipinski definition) is 3. The van der Waals surface area contributed by atoms with Gasteiger partial charge in [-0.2, -0.15) is 0 Å². The highest BCUT2D eigenvalue weighted by atomic mass is 127. The van der Waals surface area contributed by atoms with Gasteiger partial charge in [0.05, 0.1) is 0 Å². The molecular weight excluding hydrogens is 339 g/mol. The lowest BCUT2D eigenvalue weighted by molar-refractivity contribution is 0.306. The van der Waals surface area contributed by atoms with Crippen molar-refractivity contribution in [3.8, 4) is 5.75 Å². The van der Waals surface area contributed by atoms with Crippen LogP contribution in [0, 0.1) is 5.41 Å². The lowest BCUT2D eigenvalue weighted by Gasteiger charge is -2.09. The molecule has 0 bridgehead atoms. The minimum Gasteiger partial charge on any atom is -0.489 e. The van der Waals surface area contributed by atoms with Crippen LogP contribution < -0.4 is 10.5 Å². The zero-order chi connectivity index (χ0) is 13.0. The van der Waals surface area contributed by atoms with Crippen LogP contribution in [-0.4, -0.2) is 3.72 Å². The summed E-state index contributed by atoms with van der Waals surface area (Å²) in [7, 11) is 0. The number of ether oxygens (including phenoxy) is 1. The van der Waals surface area contributed by atoms with Crippen molar-refractivity contribution in [1.29, 1.82) is 5.41 Å². The SMILES string of the molecule is N=C(I)c1cc(OCc2ccccc2)ccc1N. The maximum absolute atomic E-state index is 7.62. The van der Waals surface area contributed by atoms with Crippen molar-refractivity contribution >= 4 is 32.0 Å². The molecule has 0 saturated heterocycles. The number of nitrogens with two attached hydrogens (primary N) is 1. The molecular formula is C14H13IN2O. The zero-order valence-corrected chi connectivity index (χ0v) is 11.8. The fraction of sp³-hybridized carbons (Fsp3) is 0.0714. The van der Waals surface area contributed by atoms with E-state index >= 15 is 0 Å². The van der Waals surface area contributed by atoms with Crippen molar-refractivity contribution in [3.63, 3.8) is 0 Å². The van der Waals surface area contributed by atoms with Crippen molar-refractivity contribution in [2.24, 2.45) is 0 Å². The Labute approximate surface area is 120 Å². The van der Waals surface area contributed by atoms with Gasteiger partial charge >= 0.3 is 0 Å². The van der Waals surface area contributed by atoms with Crippen LogP contribution in [0.15, 0.2) is 48.5 Å². The van der Waals surface area contributed by atoms with Crippen LogP contribution in [-0.2, 0) is 6.61 Å². The van der Waals surface area contributed by atoms with Crippen molar-refractivity contribution in [3.05, 3.63) is 59.7 Å². The van der Waals surface area contributed by atoms with Gasteiger partial charge in [-0.3, -0.25) is 5.41 Å². The molecule has 0 spiro atoms. The number of nitrogen functional groups attached to an aromatic ring is 1. The number of nitrogens with one attached hydrogen (secondary N) is 1. The lowest BCUT2D eigenvalue weighted by atomic mass is 10.2. The Balaban J connectivity index is 2.11. The van der Waals surface area contributed by atoms with Crippen LogP contribution >= 0.6 is 22.6 Å². The van der Waals surface area contributed by atoms with E-state index in [9.17, 15) is 0 Å². The standard InChI is InChI=1S/C14H13IN2O/c15-14(17)12-8-11(6-7-13(12)16)18-9-10-4-2-1-3-5-10/h1-8,17H,9,16H2. The van der Waals surface area contributed by atoms with Gasteiger partial charge in [0, 0.05) is 11.3 Å². The highest BCUT2D eigenvalue weighted by Gasteiger charge is 2.05. The molecule has 0 atom stereocenters. The second kappa shape index (κ2) is 5.86. The molecule has 0 saturated carbocycles. The largest absolute Gasteiger partial charge is 0.489 e. The van der Waals surface area contributed by atoms with E-state index in [-0.39, 0.29) is 0 Å². The van der Waals surface area contributed by atoms with Crippen molar-refractivity contribution in [2.45, 2.75) is 6.61 Å². The normalized spacial score (nSPS) is 10.1. The third-order valence-corrected chi connectivity index (χ3v) is 3.09. The monoisotopic (exact) mass is 352 g/mol. The molecule has 0 amide bonds.